The van der Waals surface area contributed by atoms with E-state index in [1.54, 1.807) is 6.20 Å². The SMILES string of the molecule is CC(C)C(=O)N1CCC(COc2ccnc3[nH]cc(-c4ccc(CNS(C)(=O)=O)cc4)c23)CC1. The normalized spacial score (nSPS) is 15.2. The Hall–Kier alpha value is -2.91. The molecule has 1 fully saturated rings. The monoisotopic (exact) mass is 484 g/mol. The molecule has 4 rings (SSSR count). The Morgan fingerprint density at radius 2 is 1.91 bits per heavy atom. The summed E-state index contributed by atoms with van der Waals surface area (Å²) in [5.74, 6) is 1.45. The van der Waals surface area contributed by atoms with Crippen molar-refractivity contribution in [2.75, 3.05) is 26.0 Å². The van der Waals surface area contributed by atoms with Crippen molar-refractivity contribution in [3.8, 4) is 16.9 Å². The Kier molecular flexibility index (Phi) is 7.23. The van der Waals surface area contributed by atoms with E-state index in [1.807, 2.05) is 55.3 Å². The van der Waals surface area contributed by atoms with Crippen LogP contribution in [0, 0.1) is 11.8 Å². The maximum absolute atomic E-state index is 12.2. The number of nitrogens with one attached hydrogen (secondary N) is 2. The Morgan fingerprint density at radius 1 is 1.21 bits per heavy atom. The Bertz CT molecular complexity index is 1240. The zero-order valence-electron chi connectivity index (χ0n) is 19.9. The van der Waals surface area contributed by atoms with Gasteiger partial charge >= 0.3 is 0 Å². The molecule has 8 nitrogen and oxygen atoms in total. The number of likely N-dealkylation sites (tertiary alicyclic amines) is 1. The molecule has 2 aromatic heterocycles. The van der Waals surface area contributed by atoms with Crippen LogP contribution in [0.3, 0.4) is 0 Å². The molecule has 1 aliphatic rings. The lowest BCUT2D eigenvalue weighted by molar-refractivity contribution is -0.136. The van der Waals surface area contributed by atoms with Crippen molar-refractivity contribution >= 4 is 27.0 Å². The number of pyridine rings is 1. The van der Waals surface area contributed by atoms with Gasteiger partial charge in [0.05, 0.1) is 18.2 Å². The molecule has 3 aromatic rings. The van der Waals surface area contributed by atoms with Gasteiger partial charge in [-0.1, -0.05) is 38.1 Å². The Labute approximate surface area is 200 Å². The smallest absolute Gasteiger partial charge is 0.225 e. The average molecular weight is 485 g/mol. The summed E-state index contributed by atoms with van der Waals surface area (Å²) in [5, 5.41) is 0.928. The molecule has 34 heavy (non-hydrogen) atoms. The minimum absolute atomic E-state index is 0.0370. The number of benzene rings is 1. The Morgan fingerprint density at radius 3 is 2.56 bits per heavy atom. The number of aromatic nitrogens is 2. The standard InChI is InChI=1S/C25H32N4O4S/c1-17(2)25(30)29-12-9-19(10-13-29)16-33-22-8-11-26-24-23(22)21(15-27-24)20-6-4-18(5-7-20)14-28-34(3,31)32/h4-8,11,15,17,19,28H,9-10,12-14,16H2,1-3H3,(H,26,27). The molecule has 1 aromatic carbocycles. The first-order chi connectivity index (χ1) is 16.2. The molecule has 0 unspecified atom stereocenters. The summed E-state index contributed by atoms with van der Waals surface area (Å²) in [6.07, 6.45) is 6.69. The van der Waals surface area contributed by atoms with Crippen molar-refractivity contribution in [1.82, 2.24) is 19.6 Å². The van der Waals surface area contributed by atoms with Crippen LogP contribution in [-0.2, 0) is 21.4 Å². The lowest BCUT2D eigenvalue weighted by atomic mass is 9.97. The lowest BCUT2D eigenvalue weighted by Gasteiger charge is -2.33. The second-order valence-electron chi connectivity index (χ2n) is 9.26. The zero-order chi connectivity index (χ0) is 24.3. The van der Waals surface area contributed by atoms with Crippen LogP contribution in [0.2, 0.25) is 0 Å². The maximum Gasteiger partial charge on any atom is 0.225 e. The van der Waals surface area contributed by atoms with Gasteiger partial charge in [0.1, 0.15) is 11.4 Å². The summed E-state index contributed by atoms with van der Waals surface area (Å²) < 4.78 is 31.5. The predicted molar refractivity (Wildman–Crippen MR) is 133 cm³/mol. The van der Waals surface area contributed by atoms with Gasteiger partial charge in [0, 0.05) is 43.5 Å². The number of carbonyl (C=O) groups is 1. The fourth-order valence-electron chi connectivity index (χ4n) is 4.28. The number of carbonyl (C=O) groups excluding carboxylic acids is 1. The van der Waals surface area contributed by atoms with E-state index in [1.165, 1.54) is 0 Å². The van der Waals surface area contributed by atoms with Crippen molar-refractivity contribution in [1.29, 1.82) is 0 Å². The van der Waals surface area contributed by atoms with Crippen molar-refractivity contribution in [2.45, 2.75) is 33.2 Å². The lowest BCUT2D eigenvalue weighted by Crippen LogP contribution is -2.41. The van der Waals surface area contributed by atoms with Crippen molar-refractivity contribution in [2.24, 2.45) is 11.8 Å². The van der Waals surface area contributed by atoms with Gasteiger partial charge in [0.25, 0.3) is 0 Å². The molecule has 0 radical (unpaired) electrons. The van der Waals surface area contributed by atoms with Crippen molar-refractivity contribution < 1.29 is 17.9 Å². The first-order valence-electron chi connectivity index (χ1n) is 11.6. The molecular formula is C25H32N4O4S. The molecule has 2 N–H and O–H groups in total. The van der Waals surface area contributed by atoms with Gasteiger partial charge in [0.2, 0.25) is 15.9 Å². The summed E-state index contributed by atoms with van der Waals surface area (Å²) >= 11 is 0. The highest BCUT2D eigenvalue weighted by atomic mass is 32.2. The number of rotatable bonds is 8. The quantitative estimate of drug-likeness (QED) is 0.509. The van der Waals surface area contributed by atoms with Crippen LogP contribution in [0.25, 0.3) is 22.2 Å². The van der Waals surface area contributed by atoms with Crippen LogP contribution >= 0.6 is 0 Å². The third kappa shape index (κ3) is 5.77. The fourth-order valence-corrected chi connectivity index (χ4v) is 4.71. The number of H-pyrrole nitrogens is 1. The minimum Gasteiger partial charge on any atom is -0.492 e. The minimum atomic E-state index is -3.24. The molecular weight excluding hydrogens is 452 g/mol. The number of fused-ring (bicyclic) bond motifs is 1. The van der Waals surface area contributed by atoms with Crippen LogP contribution in [0.15, 0.2) is 42.7 Å². The number of hydrogen-bond acceptors (Lipinski definition) is 5. The topological polar surface area (TPSA) is 104 Å². The first kappa shape index (κ1) is 24.2. The predicted octanol–water partition coefficient (Wildman–Crippen LogP) is 3.55. The second kappa shape index (κ2) is 10.1. The van der Waals surface area contributed by atoms with E-state index in [-0.39, 0.29) is 18.4 Å². The summed E-state index contributed by atoms with van der Waals surface area (Å²) in [7, 11) is -3.24. The number of hydrogen-bond donors (Lipinski definition) is 2. The number of aromatic amines is 1. The van der Waals surface area contributed by atoms with E-state index in [2.05, 4.69) is 14.7 Å². The zero-order valence-corrected chi connectivity index (χ0v) is 20.7. The van der Waals surface area contributed by atoms with E-state index in [4.69, 9.17) is 4.74 Å². The highest BCUT2D eigenvalue weighted by Crippen LogP contribution is 2.35. The Balaban J connectivity index is 1.45. The number of sulfonamides is 1. The summed E-state index contributed by atoms with van der Waals surface area (Å²) in [6.45, 7) is 6.31. The highest BCUT2D eigenvalue weighted by Gasteiger charge is 2.25. The number of piperidine rings is 1. The van der Waals surface area contributed by atoms with E-state index in [0.717, 1.165) is 65.7 Å². The molecule has 0 saturated carbocycles. The molecule has 182 valence electrons. The summed E-state index contributed by atoms with van der Waals surface area (Å²) in [6, 6.07) is 9.66. The van der Waals surface area contributed by atoms with Gasteiger partial charge in [-0.3, -0.25) is 4.79 Å². The van der Waals surface area contributed by atoms with E-state index in [9.17, 15) is 13.2 Å². The summed E-state index contributed by atoms with van der Waals surface area (Å²) in [5.41, 5.74) is 3.62. The van der Waals surface area contributed by atoms with Crippen LogP contribution in [0.1, 0.15) is 32.3 Å². The summed E-state index contributed by atoms with van der Waals surface area (Å²) in [4.78, 5) is 21.9. The molecule has 0 spiro atoms. The van der Waals surface area contributed by atoms with Crippen molar-refractivity contribution in [3.05, 3.63) is 48.3 Å². The first-order valence-corrected chi connectivity index (χ1v) is 13.5. The van der Waals surface area contributed by atoms with Gasteiger partial charge in [-0.05, 0) is 36.0 Å². The van der Waals surface area contributed by atoms with Gasteiger partial charge in [0.15, 0.2) is 0 Å². The third-order valence-electron chi connectivity index (χ3n) is 6.23. The molecule has 0 aliphatic carbocycles. The fraction of sp³-hybridized carbons (Fsp3) is 0.440. The van der Waals surface area contributed by atoms with Crippen LogP contribution < -0.4 is 9.46 Å². The molecule has 1 saturated heterocycles. The highest BCUT2D eigenvalue weighted by molar-refractivity contribution is 7.88. The van der Waals surface area contributed by atoms with Crippen LogP contribution in [0.5, 0.6) is 5.75 Å². The molecule has 0 atom stereocenters. The van der Waals surface area contributed by atoms with Crippen LogP contribution in [0.4, 0.5) is 0 Å². The molecule has 1 amide bonds. The molecule has 0 bridgehead atoms. The number of ether oxygens (including phenoxy) is 1. The largest absolute Gasteiger partial charge is 0.492 e. The number of amides is 1. The van der Waals surface area contributed by atoms with E-state index < -0.39 is 10.0 Å². The molecule has 1 aliphatic heterocycles. The maximum atomic E-state index is 12.2. The second-order valence-corrected chi connectivity index (χ2v) is 11.1. The van der Waals surface area contributed by atoms with E-state index in [0.29, 0.717) is 12.5 Å². The third-order valence-corrected chi connectivity index (χ3v) is 6.90. The van der Waals surface area contributed by atoms with E-state index >= 15 is 0 Å². The van der Waals surface area contributed by atoms with Gasteiger partial charge in [-0.25, -0.2) is 18.1 Å². The van der Waals surface area contributed by atoms with Gasteiger partial charge in [-0.15, -0.1) is 0 Å². The van der Waals surface area contributed by atoms with Gasteiger partial charge < -0.3 is 14.6 Å². The number of nitrogens with zero attached hydrogens (tertiary/aromatic N) is 2. The van der Waals surface area contributed by atoms with Crippen molar-refractivity contribution in [3.63, 3.8) is 0 Å². The molecule has 3 heterocycles. The average Bonchev–Trinajstić information content (AvgIpc) is 3.26. The van der Waals surface area contributed by atoms with Crippen LogP contribution in [-0.4, -0.2) is 55.1 Å². The van der Waals surface area contributed by atoms with Gasteiger partial charge in [-0.2, -0.15) is 0 Å². The molecule has 9 heteroatoms.